The number of nitrogens with zero attached hydrogens (tertiary/aromatic N) is 1. The fourth-order valence-corrected chi connectivity index (χ4v) is 1.97. The zero-order valence-electron chi connectivity index (χ0n) is 9.38. The molecule has 0 N–H and O–H groups in total. The molecule has 0 saturated carbocycles. The zero-order chi connectivity index (χ0) is 11.1. The van der Waals surface area contributed by atoms with Crippen LogP contribution >= 0.6 is 11.6 Å². The minimum absolute atomic E-state index is 0.150. The first kappa shape index (κ1) is 12.8. The minimum Gasteiger partial charge on any atom is -0.381 e. The third kappa shape index (κ3) is 4.85. The van der Waals surface area contributed by atoms with Gasteiger partial charge in [0.25, 0.3) is 0 Å². The summed E-state index contributed by atoms with van der Waals surface area (Å²) in [7, 11) is 1.86. The van der Waals surface area contributed by atoms with Crippen molar-refractivity contribution in [1.29, 1.82) is 0 Å². The number of carbonyl (C=O) groups excluding carboxylic acids is 1. The van der Waals surface area contributed by atoms with Crippen molar-refractivity contribution in [3.05, 3.63) is 0 Å². The molecule has 1 aliphatic rings. The second-order valence-corrected chi connectivity index (χ2v) is 4.48. The molecule has 15 heavy (non-hydrogen) atoms. The molecule has 88 valence electrons. The number of hydrogen-bond acceptors (Lipinski definition) is 2. The van der Waals surface area contributed by atoms with Crippen LogP contribution in [0.4, 0.5) is 0 Å². The van der Waals surface area contributed by atoms with Gasteiger partial charge in [0.2, 0.25) is 5.91 Å². The second kappa shape index (κ2) is 7.07. The number of amides is 1. The van der Waals surface area contributed by atoms with Gasteiger partial charge in [-0.15, -0.1) is 11.6 Å². The maximum Gasteiger partial charge on any atom is 0.223 e. The zero-order valence-corrected chi connectivity index (χ0v) is 10.1. The van der Waals surface area contributed by atoms with Crippen molar-refractivity contribution < 1.29 is 9.53 Å². The van der Waals surface area contributed by atoms with E-state index in [1.807, 2.05) is 7.05 Å². The topological polar surface area (TPSA) is 29.5 Å². The van der Waals surface area contributed by atoms with Gasteiger partial charge in [0.15, 0.2) is 0 Å². The summed E-state index contributed by atoms with van der Waals surface area (Å²) in [5, 5.41) is 0. The maximum absolute atomic E-state index is 11.4. The lowest BCUT2D eigenvalue weighted by Crippen LogP contribution is -2.30. The van der Waals surface area contributed by atoms with Crippen LogP contribution in [0.2, 0.25) is 0 Å². The third-order valence-corrected chi connectivity index (χ3v) is 3.14. The van der Waals surface area contributed by atoms with E-state index in [-0.39, 0.29) is 5.91 Å². The third-order valence-electron chi connectivity index (χ3n) is 2.95. The molecular formula is C11H20ClNO2. The monoisotopic (exact) mass is 233 g/mol. The predicted octanol–water partition coefficient (Wildman–Crippen LogP) is 1.89. The number of ether oxygens (including phenoxy) is 1. The largest absolute Gasteiger partial charge is 0.381 e. The molecule has 0 bridgehead atoms. The van der Waals surface area contributed by atoms with Gasteiger partial charge in [0.1, 0.15) is 0 Å². The van der Waals surface area contributed by atoms with E-state index < -0.39 is 0 Å². The summed E-state index contributed by atoms with van der Waals surface area (Å²) in [5.41, 5.74) is 0. The van der Waals surface area contributed by atoms with Gasteiger partial charge < -0.3 is 9.64 Å². The average Bonchev–Trinajstić information content (AvgIpc) is 2.27. The Balaban J connectivity index is 2.14. The molecule has 4 heteroatoms. The molecule has 0 aromatic heterocycles. The Kier molecular flexibility index (Phi) is 6.03. The molecule has 1 fully saturated rings. The Labute approximate surface area is 96.7 Å². The van der Waals surface area contributed by atoms with Gasteiger partial charge in [-0.1, -0.05) is 0 Å². The van der Waals surface area contributed by atoms with Crippen molar-refractivity contribution in [1.82, 2.24) is 4.90 Å². The van der Waals surface area contributed by atoms with E-state index in [9.17, 15) is 4.79 Å². The molecule has 0 unspecified atom stereocenters. The molecule has 1 saturated heterocycles. The van der Waals surface area contributed by atoms with Gasteiger partial charge in [-0.3, -0.25) is 4.79 Å². The van der Waals surface area contributed by atoms with Gasteiger partial charge in [-0.2, -0.15) is 0 Å². The fourth-order valence-electron chi connectivity index (χ4n) is 1.81. The summed E-state index contributed by atoms with van der Waals surface area (Å²) in [6.45, 7) is 2.61. The van der Waals surface area contributed by atoms with Crippen LogP contribution in [0.1, 0.15) is 25.7 Å². The Hall–Kier alpha value is -0.280. The van der Waals surface area contributed by atoms with Crippen LogP contribution in [0.15, 0.2) is 0 Å². The normalized spacial score (nSPS) is 17.7. The fraction of sp³-hybridized carbons (Fsp3) is 0.909. The van der Waals surface area contributed by atoms with E-state index in [1.165, 1.54) is 0 Å². The summed E-state index contributed by atoms with van der Waals surface area (Å²) < 4.78 is 5.29. The van der Waals surface area contributed by atoms with E-state index in [0.29, 0.717) is 12.3 Å². The van der Waals surface area contributed by atoms with Crippen LogP contribution in [-0.2, 0) is 9.53 Å². The smallest absolute Gasteiger partial charge is 0.223 e. The number of carbonyl (C=O) groups is 1. The van der Waals surface area contributed by atoms with Gasteiger partial charge in [-0.25, -0.2) is 0 Å². The van der Waals surface area contributed by atoms with Crippen LogP contribution in [0, 0.1) is 5.92 Å². The SMILES string of the molecule is CN(CCC1CCOCC1)C(=O)CCCl. The number of hydrogen-bond donors (Lipinski definition) is 0. The van der Waals surface area contributed by atoms with Crippen LogP contribution in [-0.4, -0.2) is 43.5 Å². The van der Waals surface area contributed by atoms with Crippen LogP contribution in [0.3, 0.4) is 0 Å². The summed E-state index contributed by atoms with van der Waals surface area (Å²) in [6.07, 6.45) is 3.81. The van der Waals surface area contributed by atoms with Crippen molar-refractivity contribution in [2.75, 3.05) is 32.7 Å². The molecule has 0 spiro atoms. The molecule has 1 rings (SSSR count). The molecule has 0 aromatic rings. The highest BCUT2D eigenvalue weighted by molar-refractivity contribution is 6.18. The molecule has 0 radical (unpaired) electrons. The molecule has 0 aliphatic carbocycles. The van der Waals surface area contributed by atoms with Crippen LogP contribution in [0.5, 0.6) is 0 Å². The van der Waals surface area contributed by atoms with E-state index in [1.54, 1.807) is 4.90 Å². The maximum atomic E-state index is 11.4. The number of alkyl halides is 1. The van der Waals surface area contributed by atoms with Gasteiger partial charge >= 0.3 is 0 Å². The summed E-state index contributed by atoms with van der Waals surface area (Å²) in [4.78, 5) is 13.2. The van der Waals surface area contributed by atoms with Crippen molar-refractivity contribution in [2.24, 2.45) is 5.92 Å². The first-order chi connectivity index (χ1) is 7.24. The lowest BCUT2D eigenvalue weighted by Gasteiger charge is -2.24. The number of rotatable bonds is 5. The predicted molar refractivity (Wildman–Crippen MR) is 61.1 cm³/mol. The Morgan fingerprint density at radius 2 is 2.13 bits per heavy atom. The molecule has 0 aromatic carbocycles. The lowest BCUT2D eigenvalue weighted by atomic mass is 9.96. The van der Waals surface area contributed by atoms with E-state index >= 15 is 0 Å². The lowest BCUT2D eigenvalue weighted by molar-refractivity contribution is -0.129. The number of halogens is 1. The first-order valence-corrected chi connectivity index (χ1v) is 6.15. The van der Waals surface area contributed by atoms with Gasteiger partial charge in [0.05, 0.1) is 0 Å². The summed E-state index contributed by atoms with van der Waals surface area (Å²) in [5.74, 6) is 1.29. The highest BCUT2D eigenvalue weighted by Gasteiger charge is 2.15. The highest BCUT2D eigenvalue weighted by Crippen LogP contribution is 2.18. The van der Waals surface area contributed by atoms with E-state index in [4.69, 9.17) is 16.3 Å². The minimum atomic E-state index is 0.150. The molecule has 1 amide bonds. The van der Waals surface area contributed by atoms with Crippen molar-refractivity contribution in [3.63, 3.8) is 0 Å². The molecule has 1 heterocycles. The van der Waals surface area contributed by atoms with Crippen molar-refractivity contribution >= 4 is 17.5 Å². The molecule has 1 aliphatic heterocycles. The Morgan fingerprint density at radius 3 is 2.73 bits per heavy atom. The van der Waals surface area contributed by atoms with Gasteiger partial charge in [-0.05, 0) is 25.2 Å². The summed E-state index contributed by atoms with van der Waals surface area (Å²) in [6, 6.07) is 0. The second-order valence-electron chi connectivity index (χ2n) is 4.10. The average molecular weight is 234 g/mol. The Morgan fingerprint density at radius 1 is 1.47 bits per heavy atom. The van der Waals surface area contributed by atoms with E-state index in [0.717, 1.165) is 44.9 Å². The van der Waals surface area contributed by atoms with E-state index in [2.05, 4.69) is 0 Å². The van der Waals surface area contributed by atoms with Crippen LogP contribution in [0.25, 0.3) is 0 Å². The van der Waals surface area contributed by atoms with Gasteiger partial charge in [0, 0.05) is 39.1 Å². The standard InChI is InChI=1S/C11H20ClNO2/c1-13(11(14)2-6-12)7-3-10-4-8-15-9-5-10/h10H,2-9H2,1H3. The molecular weight excluding hydrogens is 214 g/mol. The molecule has 0 atom stereocenters. The molecule has 3 nitrogen and oxygen atoms in total. The summed E-state index contributed by atoms with van der Waals surface area (Å²) >= 11 is 5.53. The van der Waals surface area contributed by atoms with Crippen LogP contribution < -0.4 is 0 Å². The first-order valence-electron chi connectivity index (χ1n) is 5.61. The van der Waals surface area contributed by atoms with Crippen molar-refractivity contribution in [2.45, 2.75) is 25.7 Å². The quantitative estimate of drug-likeness (QED) is 0.679. The van der Waals surface area contributed by atoms with Crippen molar-refractivity contribution in [3.8, 4) is 0 Å². The Bertz CT molecular complexity index is 193. The highest BCUT2D eigenvalue weighted by atomic mass is 35.5.